The van der Waals surface area contributed by atoms with Gasteiger partial charge in [0.05, 0.1) is 13.5 Å². The lowest BCUT2D eigenvalue weighted by Crippen LogP contribution is -2.53. The van der Waals surface area contributed by atoms with Gasteiger partial charge in [0.2, 0.25) is 11.8 Å². The zero-order valence-electron chi connectivity index (χ0n) is 21.1. The fraction of sp³-hybridized carbons (Fsp3) is 0.355. The first-order chi connectivity index (χ1) is 17.6. The number of ether oxygens (including phenoxy) is 1. The van der Waals surface area contributed by atoms with Crippen LogP contribution in [0, 0.1) is 0 Å². The lowest BCUT2D eigenvalue weighted by atomic mass is 9.94. The van der Waals surface area contributed by atoms with Crippen molar-refractivity contribution >= 4 is 11.8 Å². The first-order valence-corrected chi connectivity index (χ1v) is 12.9. The van der Waals surface area contributed by atoms with E-state index in [2.05, 4.69) is 5.32 Å². The van der Waals surface area contributed by atoms with E-state index in [-0.39, 0.29) is 24.3 Å². The van der Waals surface area contributed by atoms with E-state index in [1.165, 1.54) is 6.42 Å². The monoisotopic (exact) mass is 484 g/mol. The molecule has 1 saturated carbocycles. The quantitative estimate of drug-likeness (QED) is 0.423. The van der Waals surface area contributed by atoms with Crippen molar-refractivity contribution < 1.29 is 14.3 Å². The van der Waals surface area contributed by atoms with Gasteiger partial charge in [-0.15, -0.1) is 0 Å². The van der Waals surface area contributed by atoms with Gasteiger partial charge in [0, 0.05) is 19.0 Å². The Kier molecular flexibility index (Phi) is 9.15. The number of nitrogens with one attached hydrogen (secondary N) is 1. The van der Waals surface area contributed by atoms with Crippen LogP contribution >= 0.6 is 0 Å². The van der Waals surface area contributed by atoms with Crippen molar-refractivity contribution in [3.05, 3.63) is 102 Å². The Morgan fingerprint density at radius 3 is 2.06 bits per heavy atom. The summed E-state index contributed by atoms with van der Waals surface area (Å²) >= 11 is 0. The standard InChI is InChI=1S/C31H36N2O3/c1-36-28-19-17-25(18-20-28)22-30(34)33(23-26-13-7-3-8-14-26)29(21-24-11-5-2-6-12-24)31(35)32-27-15-9-4-10-16-27/h2-3,5-8,11-14,17-20,27,29H,4,9-10,15-16,21-23H2,1H3,(H,32,35)/t29-/m0/s1. The molecular formula is C31H36N2O3. The molecule has 1 aliphatic carbocycles. The van der Waals surface area contributed by atoms with Crippen LogP contribution < -0.4 is 10.1 Å². The van der Waals surface area contributed by atoms with Crippen molar-refractivity contribution in [2.24, 2.45) is 0 Å². The maximum Gasteiger partial charge on any atom is 0.243 e. The smallest absolute Gasteiger partial charge is 0.243 e. The molecule has 0 aliphatic heterocycles. The predicted molar refractivity (Wildman–Crippen MR) is 143 cm³/mol. The van der Waals surface area contributed by atoms with Crippen LogP contribution in [0.1, 0.15) is 48.8 Å². The molecule has 2 amide bonds. The van der Waals surface area contributed by atoms with E-state index in [1.807, 2.05) is 84.9 Å². The van der Waals surface area contributed by atoms with E-state index >= 15 is 0 Å². The maximum absolute atomic E-state index is 13.8. The van der Waals surface area contributed by atoms with E-state index in [1.54, 1.807) is 12.0 Å². The van der Waals surface area contributed by atoms with Gasteiger partial charge in [0.25, 0.3) is 0 Å². The third-order valence-electron chi connectivity index (χ3n) is 6.93. The molecule has 1 aliphatic rings. The summed E-state index contributed by atoms with van der Waals surface area (Å²) in [5, 5.41) is 3.29. The summed E-state index contributed by atoms with van der Waals surface area (Å²) in [6, 6.07) is 27.0. The van der Waals surface area contributed by atoms with Crippen LogP contribution in [0.4, 0.5) is 0 Å². The molecule has 0 radical (unpaired) electrons. The highest BCUT2D eigenvalue weighted by Crippen LogP contribution is 2.21. The first kappa shape index (κ1) is 25.5. The molecule has 0 aromatic heterocycles. The Hall–Kier alpha value is -3.60. The van der Waals surface area contributed by atoms with Crippen LogP contribution in [-0.2, 0) is 29.0 Å². The second-order valence-electron chi connectivity index (χ2n) is 9.58. The zero-order chi connectivity index (χ0) is 25.2. The summed E-state index contributed by atoms with van der Waals surface area (Å²) in [7, 11) is 1.63. The number of hydrogen-bond acceptors (Lipinski definition) is 3. The van der Waals surface area contributed by atoms with Crippen molar-refractivity contribution in [2.45, 2.75) is 63.6 Å². The van der Waals surface area contributed by atoms with Crippen LogP contribution in [0.3, 0.4) is 0 Å². The van der Waals surface area contributed by atoms with E-state index in [0.717, 1.165) is 48.1 Å². The minimum atomic E-state index is -0.597. The Morgan fingerprint density at radius 1 is 0.833 bits per heavy atom. The highest BCUT2D eigenvalue weighted by atomic mass is 16.5. The van der Waals surface area contributed by atoms with Crippen molar-refractivity contribution in [1.29, 1.82) is 0 Å². The molecule has 188 valence electrons. The van der Waals surface area contributed by atoms with Crippen LogP contribution in [0.25, 0.3) is 0 Å². The molecule has 3 aromatic rings. The van der Waals surface area contributed by atoms with Gasteiger partial charge in [-0.25, -0.2) is 0 Å². The van der Waals surface area contributed by atoms with Crippen molar-refractivity contribution in [2.75, 3.05) is 7.11 Å². The van der Waals surface area contributed by atoms with Crippen LogP contribution in [0.2, 0.25) is 0 Å². The Bertz CT molecular complexity index is 1090. The molecule has 3 aromatic carbocycles. The number of methoxy groups -OCH3 is 1. The van der Waals surface area contributed by atoms with Crippen LogP contribution in [-0.4, -0.2) is 35.9 Å². The van der Waals surface area contributed by atoms with Gasteiger partial charge in [0.15, 0.2) is 0 Å². The fourth-order valence-corrected chi connectivity index (χ4v) is 4.90. The molecule has 0 unspecified atom stereocenters. The molecule has 1 N–H and O–H groups in total. The molecule has 0 spiro atoms. The summed E-state index contributed by atoms with van der Waals surface area (Å²) < 4.78 is 5.26. The van der Waals surface area contributed by atoms with Crippen molar-refractivity contribution in [1.82, 2.24) is 10.2 Å². The molecule has 0 heterocycles. The first-order valence-electron chi connectivity index (χ1n) is 12.9. The van der Waals surface area contributed by atoms with Crippen molar-refractivity contribution in [3.8, 4) is 5.75 Å². The number of carbonyl (C=O) groups excluding carboxylic acids is 2. The normalized spacial score (nSPS) is 14.6. The van der Waals surface area contributed by atoms with Gasteiger partial charge in [-0.2, -0.15) is 0 Å². The summed E-state index contributed by atoms with van der Waals surface area (Å²) in [5.41, 5.74) is 2.94. The van der Waals surface area contributed by atoms with E-state index in [4.69, 9.17) is 4.74 Å². The van der Waals surface area contributed by atoms with Crippen LogP contribution in [0.5, 0.6) is 5.75 Å². The average Bonchev–Trinajstić information content (AvgIpc) is 2.92. The second-order valence-corrected chi connectivity index (χ2v) is 9.58. The molecule has 0 saturated heterocycles. The van der Waals surface area contributed by atoms with Gasteiger partial charge in [0.1, 0.15) is 11.8 Å². The van der Waals surface area contributed by atoms with Crippen LogP contribution in [0.15, 0.2) is 84.9 Å². The van der Waals surface area contributed by atoms with Gasteiger partial charge in [-0.1, -0.05) is 92.1 Å². The van der Waals surface area contributed by atoms with Crippen molar-refractivity contribution in [3.63, 3.8) is 0 Å². The average molecular weight is 485 g/mol. The number of carbonyl (C=O) groups is 2. The van der Waals surface area contributed by atoms with Gasteiger partial charge in [-0.3, -0.25) is 9.59 Å². The molecule has 36 heavy (non-hydrogen) atoms. The fourth-order valence-electron chi connectivity index (χ4n) is 4.90. The minimum Gasteiger partial charge on any atom is -0.497 e. The van der Waals surface area contributed by atoms with E-state index in [9.17, 15) is 9.59 Å². The SMILES string of the molecule is COc1ccc(CC(=O)N(Cc2ccccc2)[C@@H](Cc2ccccc2)C(=O)NC2CCCCC2)cc1. The molecular weight excluding hydrogens is 448 g/mol. The summed E-state index contributed by atoms with van der Waals surface area (Å²) in [6.07, 6.45) is 6.20. The summed E-state index contributed by atoms with van der Waals surface area (Å²) in [5.74, 6) is 0.620. The summed E-state index contributed by atoms with van der Waals surface area (Å²) in [4.78, 5) is 29.3. The van der Waals surface area contributed by atoms with Gasteiger partial charge in [-0.05, 0) is 41.7 Å². The molecule has 5 heteroatoms. The summed E-state index contributed by atoms with van der Waals surface area (Å²) in [6.45, 7) is 0.380. The molecule has 4 rings (SSSR count). The third kappa shape index (κ3) is 7.20. The second kappa shape index (κ2) is 12.9. The van der Waals surface area contributed by atoms with Gasteiger partial charge < -0.3 is 15.0 Å². The number of nitrogens with zero attached hydrogens (tertiary/aromatic N) is 1. The van der Waals surface area contributed by atoms with E-state index in [0.29, 0.717) is 13.0 Å². The molecule has 5 nitrogen and oxygen atoms in total. The number of amides is 2. The lowest BCUT2D eigenvalue weighted by molar-refractivity contribution is -0.141. The Labute approximate surface area is 214 Å². The maximum atomic E-state index is 13.8. The number of rotatable bonds is 10. The topological polar surface area (TPSA) is 58.6 Å². The zero-order valence-corrected chi connectivity index (χ0v) is 21.1. The van der Waals surface area contributed by atoms with Gasteiger partial charge >= 0.3 is 0 Å². The predicted octanol–water partition coefficient (Wildman–Crippen LogP) is 5.33. The molecule has 1 fully saturated rings. The largest absolute Gasteiger partial charge is 0.497 e. The third-order valence-corrected chi connectivity index (χ3v) is 6.93. The number of benzene rings is 3. The molecule has 1 atom stereocenters. The highest BCUT2D eigenvalue weighted by Gasteiger charge is 2.31. The number of hydrogen-bond donors (Lipinski definition) is 1. The Balaban J connectivity index is 1.62. The minimum absolute atomic E-state index is 0.0650. The highest BCUT2D eigenvalue weighted by molar-refractivity contribution is 5.89. The lowest BCUT2D eigenvalue weighted by Gasteiger charge is -2.33. The molecule has 0 bridgehead atoms. The van der Waals surface area contributed by atoms with E-state index < -0.39 is 6.04 Å². The Morgan fingerprint density at radius 2 is 1.44 bits per heavy atom.